The minimum atomic E-state index is 0.476. The molecule has 0 amide bonds. The van der Waals surface area contributed by atoms with Gasteiger partial charge in [-0.05, 0) is 0 Å². The third-order valence-electron chi connectivity index (χ3n) is 1.39. The molecule has 0 saturated heterocycles. The molecule has 5 N–H and O–H groups in total. The minimum Gasteiger partial charge on any atom is -0.384 e. The van der Waals surface area contributed by atoms with Crippen molar-refractivity contribution in [3.05, 3.63) is 23.8 Å². The van der Waals surface area contributed by atoms with Crippen LogP contribution >= 0.6 is 0 Å². The van der Waals surface area contributed by atoms with E-state index in [0.717, 1.165) is 5.70 Å². The molecule has 2 aliphatic rings. The summed E-state index contributed by atoms with van der Waals surface area (Å²) in [7, 11) is 0. The molecule has 0 aliphatic carbocycles. The van der Waals surface area contributed by atoms with Crippen molar-refractivity contribution >= 4 is 6.34 Å². The summed E-state index contributed by atoms with van der Waals surface area (Å²) in [5, 5.41) is 2.99. The zero-order valence-corrected chi connectivity index (χ0v) is 5.73. The zero-order valence-electron chi connectivity index (χ0n) is 5.73. The van der Waals surface area contributed by atoms with E-state index in [-0.39, 0.29) is 0 Å². The molecule has 58 valence electrons. The molecule has 0 radical (unpaired) electrons. The van der Waals surface area contributed by atoms with Gasteiger partial charge in [0.05, 0.1) is 11.9 Å². The predicted molar refractivity (Wildman–Crippen MR) is 39.8 cm³/mol. The molecule has 0 bridgehead atoms. The number of fused-ring (bicyclic) bond motifs is 1. The third-order valence-corrected chi connectivity index (χ3v) is 1.39. The van der Waals surface area contributed by atoms with Crippen molar-refractivity contribution < 1.29 is 0 Å². The monoisotopic (exact) mass is 152 g/mol. The standard InChI is InChI=1S/C5H8N6/c6-5-1-4-2-11(7)9-10(4)3-8-5/h1-3,9H,6-7H2. The number of hydrazine groups is 3. The van der Waals surface area contributed by atoms with Gasteiger partial charge in [0.2, 0.25) is 0 Å². The van der Waals surface area contributed by atoms with Crippen molar-refractivity contribution in [2.75, 3.05) is 0 Å². The summed E-state index contributed by atoms with van der Waals surface area (Å²) >= 11 is 0. The quantitative estimate of drug-likeness (QED) is 0.371. The fourth-order valence-corrected chi connectivity index (χ4v) is 0.928. The summed E-state index contributed by atoms with van der Waals surface area (Å²) in [6.45, 7) is 0. The van der Waals surface area contributed by atoms with Crippen molar-refractivity contribution in [3.8, 4) is 0 Å². The number of nitrogens with one attached hydrogen (secondary N) is 1. The topological polar surface area (TPSA) is 82.9 Å². The molecule has 0 unspecified atom stereocenters. The van der Waals surface area contributed by atoms with Gasteiger partial charge in [-0.25, -0.2) is 21.0 Å². The number of rotatable bonds is 0. The highest BCUT2D eigenvalue weighted by Gasteiger charge is 2.17. The Kier molecular flexibility index (Phi) is 1.11. The lowest BCUT2D eigenvalue weighted by molar-refractivity contribution is 0.199. The summed E-state index contributed by atoms with van der Waals surface area (Å²) < 4.78 is 0. The molecular formula is C5H8N6. The van der Waals surface area contributed by atoms with Crippen LogP contribution in [0.2, 0.25) is 0 Å². The first-order valence-corrected chi connectivity index (χ1v) is 3.08. The lowest BCUT2D eigenvalue weighted by Crippen LogP contribution is -2.43. The van der Waals surface area contributed by atoms with E-state index in [1.54, 1.807) is 23.6 Å². The van der Waals surface area contributed by atoms with Gasteiger partial charge >= 0.3 is 0 Å². The molecular weight excluding hydrogens is 144 g/mol. The Morgan fingerprint density at radius 3 is 3.18 bits per heavy atom. The molecule has 2 rings (SSSR count). The molecule has 6 heteroatoms. The highest BCUT2D eigenvalue weighted by molar-refractivity contribution is 5.63. The minimum absolute atomic E-state index is 0.476. The molecule has 0 fully saturated rings. The third kappa shape index (κ3) is 0.935. The Morgan fingerprint density at radius 1 is 1.55 bits per heavy atom. The number of allylic oxidation sites excluding steroid dienone is 1. The average molecular weight is 152 g/mol. The van der Waals surface area contributed by atoms with Gasteiger partial charge in [-0.1, -0.05) is 0 Å². The molecule has 0 atom stereocenters. The van der Waals surface area contributed by atoms with Crippen molar-refractivity contribution in [2.24, 2.45) is 16.6 Å². The van der Waals surface area contributed by atoms with Gasteiger partial charge in [-0.3, -0.25) is 0 Å². The van der Waals surface area contributed by atoms with Gasteiger partial charge in [0.1, 0.15) is 12.2 Å². The van der Waals surface area contributed by atoms with Crippen LogP contribution in [0.4, 0.5) is 0 Å². The Morgan fingerprint density at radius 2 is 2.36 bits per heavy atom. The van der Waals surface area contributed by atoms with Crippen LogP contribution in [0.15, 0.2) is 28.8 Å². The summed E-state index contributed by atoms with van der Waals surface area (Å²) in [5.41, 5.74) is 9.10. The van der Waals surface area contributed by atoms with Crippen molar-refractivity contribution in [1.82, 2.24) is 15.7 Å². The number of hydrogen-bond donors (Lipinski definition) is 3. The molecule has 0 aromatic rings. The van der Waals surface area contributed by atoms with Gasteiger partial charge in [-0.15, -0.1) is 5.53 Å². The van der Waals surface area contributed by atoms with E-state index in [2.05, 4.69) is 10.5 Å². The second kappa shape index (κ2) is 1.97. The second-order valence-electron chi connectivity index (χ2n) is 2.25. The summed E-state index contributed by atoms with van der Waals surface area (Å²) in [6.07, 6.45) is 4.99. The van der Waals surface area contributed by atoms with Gasteiger partial charge in [0, 0.05) is 6.08 Å². The summed E-state index contributed by atoms with van der Waals surface area (Å²) in [5.74, 6) is 5.89. The molecule has 6 nitrogen and oxygen atoms in total. The first-order chi connectivity index (χ1) is 5.25. The first-order valence-electron chi connectivity index (χ1n) is 3.08. The zero-order chi connectivity index (χ0) is 7.84. The summed E-state index contributed by atoms with van der Waals surface area (Å²) in [4.78, 5) is 3.86. The largest absolute Gasteiger partial charge is 0.384 e. The lowest BCUT2D eigenvalue weighted by Gasteiger charge is -2.18. The second-order valence-corrected chi connectivity index (χ2v) is 2.25. The Hall–Kier alpha value is -1.53. The number of nitrogens with two attached hydrogens (primary N) is 2. The van der Waals surface area contributed by atoms with Crippen molar-refractivity contribution in [1.29, 1.82) is 0 Å². The molecule has 2 heterocycles. The van der Waals surface area contributed by atoms with Crippen LogP contribution in [0, 0.1) is 0 Å². The fourth-order valence-electron chi connectivity index (χ4n) is 0.928. The van der Waals surface area contributed by atoms with E-state index in [9.17, 15) is 0 Å². The molecule has 0 saturated carbocycles. The SMILES string of the molecule is NC1=CC2=CN(N)NN2C=N1. The van der Waals surface area contributed by atoms with Crippen LogP contribution in [0.1, 0.15) is 0 Å². The van der Waals surface area contributed by atoms with Gasteiger partial charge in [0.15, 0.2) is 0 Å². The van der Waals surface area contributed by atoms with Gasteiger partial charge in [0.25, 0.3) is 0 Å². The van der Waals surface area contributed by atoms with E-state index >= 15 is 0 Å². The van der Waals surface area contributed by atoms with Crippen molar-refractivity contribution in [2.45, 2.75) is 0 Å². The van der Waals surface area contributed by atoms with E-state index in [1.807, 2.05) is 0 Å². The van der Waals surface area contributed by atoms with E-state index in [1.165, 1.54) is 5.12 Å². The smallest absolute Gasteiger partial charge is 0.127 e. The van der Waals surface area contributed by atoms with E-state index in [0.29, 0.717) is 5.82 Å². The molecule has 11 heavy (non-hydrogen) atoms. The maximum Gasteiger partial charge on any atom is 0.127 e. The molecule has 0 aromatic carbocycles. The molecule has 0 aromatic heterocycles. The van der Waals surface area contributed by atoms with Crippen LogP contribution in [-0.2, 0) is 0 Å². The molecule has 2 aliphatic heterocycles. The maximum atomic E-state index is 5.44. The van der Waals surface area contributed by atoms with Crippen LogP contribution in [0.25, 0.3) is 0 Å². The average Bonchev–Trinajstić information content (AvgIpc) is 2.27. The fraction of sp³-hybridized carbons (Fsp3) is 0. The predicted octanol–water partition coefficient (Wildman–Crippen LogP) is -1.42. The number of hydrogen-bond acceptors (Lipinski definition) is 6. The highest BCUT2D eigenvalue weighted by Crippen LogP contribution is 2.12. The summed E-state index contributed by atoms with van der Waals surface area (Å²) in [6, 6.07) is 0. The highest BCUT2D eigenvalue weighted by atomic mass is 15.9. The lowest BCUT2D eigenvalue weighted by atomic mass is 10.4. The van der Waals surface area contributed by atoms with Crippen LogP contribution in [0.5, 0.6) is 0 Å². The van der Waals surface area contributed by atoms with Crippen molar-refractivity contribution in [3.63, 3.8) is 0 Å². The van der Waals surface area contributed by atoms with Crippen LogP contribution in [0.3, 0.4) is 0 Å². The van der Waals surface area contributed by atoms with E-state index < -0.39 is 0 Å². The molecule has 0 spiro atoms. The number of aliphatic imine (C=N–C) groups is 1. The number of nitrogens with zero attached hydrogens (tertiary/aromatic N) is 3. The normalized spacial score (nSPS) is 21.5. The Bertz CT molecular complexity index is 264. The van der Waals surface area contributed by atoms with Crippen LogP contribution < -0.4 is 17.1 Å². The van der Waals surface area contributed by atoms with Gasteiger partial charge in [-0.2, -0.15) is 0 Å². The Balaban J connectivity index is 2.31. The first kappa shape index (κ1) is 6.20. The maximum absolute atomic E-state index is 5.44. The Labute approximate surface area is 63.4 Å². The van der Waals surface area contributed by atoms with Crippen LogP contribution in [-0.4, -0.2) is 16.5 Å². The van der Waals surface area contributed by atoms with Gasteiger partial charge < -0.3 is 5.73 Å². The van der Waals surface area contributed by atoms with E-state index in [4.69, 9.17) is 11.6 Å².